The van der Waals surface area contributed by atoms with Crippen molar-refractivity contribution in [1.29, 1.82) is 0 Å². The molecule has 1 aliphatic rings. The van der Waals surface area contributed by atoms with Crippen molar-refractivity contribution >= 4 is 0 Å². The summed E-state index contributed by atoms with van der Waals surface area (Å²) in [6.07, 6.45) is 2.49. The largest absolute Gasteiger partial charge is 0.389 e. The van der Waals surface area contributed by atoms with Gasteiger partial charge in [-0.1, -0.05) is 6.92 Å². The molecular formula is C11H16N2O. The van der Waals surface area contributed by atoms with E-state index in [1.165, 1.54) is 6.42 Å². The third-order valence-corrected chi connectivity index (χ3v) is 2.93. The normalized spacial score (nSPS) is 27.4. The minimum atomic E-state index is -0.472. The Bertz CT molecular complexity index is 349. The van der Waals surface area contributed by atoms with Crippen molar-refractivity contribution in [2.24, 2.45) is 5.92 Å². The molecule has 0 amide bonds. The maximum Gasteiger partial charge on any atom is 0.131 e. The van der Waals surface area contributed by atoms with Crippen LogP contribution in [0.4, 0.5) is 0 Å². The standard InChI is InChI=1S/C11H16N2O/c1-6-4-9(6)11-12-5-10(8(3)14)7(2)13-11/h5-6,8-9,14H,4H2,1-3H3. The molecule has 14 heavy (non-hydrogen) atoms. The minimum absolute atomic E-state index is 0.472. The molecule has 0 spiro atoms. The van der Waals surface area contributed by atoms with E-state index in [1.54, 1.807) is 13.1 Å². The van der Waals surface area contributed by atoms with Crippen LogP contribution in [0.2, 0.25) is 0 Å². The molecule has 0 saturated heterocycles. The van der Waals surface area contributed by atoms with Gasteiger partial charge in [0, 0.05) is 23.4 Å². The Hall–Kier alpha value is -0.960. The Morgan fingerprint density at radius 3 is 2.64 bits per heavy atom. The molecular weight excluding hydrogens is 176 g/mol. The quantitative estimate of drug-likeness (QED) is 0.779. The second kappa shape index (κ2) is 3.31. The molecule has 3 nitrogen and oxygen atoms in total. The van der Waals surface area contributed by atoms with Gasteiger partial charge in [0.2, 0.25) is 0 Å². The van der Waals surface area contributed by atoms with Crippen LogP contribution in [0.1, 0.15) is 49.4 Å². The summed E-state index contributed by atoms with van der Waals surface area (Å²) in [7, 11) is 0. The Kier molecular flexibility index (Phi) is 2.27. The van der Waals surface area contributed by atoms with Gasteiger partial charge in [-0.25, -0.2) is 9.97 Å². The number of hydrogen-bond donors (Lipinski definition) is 1. The molecule has 76 valence electrons. The lowest BCUT2D eigenvalue weighted by Gasteiger charge is -2.08. The molecule has 3 atom stereocenters. The number of hydrogen-bond acceptors (Lipinski definition) is 3. The highest BCUT2D eigenvalue weighted by Crippen LogP contribution is 2.45. The maximum atomic E-state index is 9.42. The molecule has 1 heterocycles. The van der Waals surface area contributed by atoms with Gasteiger partial charge in [-0.2, -0.15) is 0 Å². The number of aryl methyl sites for hydroxylation is 1. The molecule has 0 radical (unpaired) electrons. The summed E-state index contributed by atoms with van der Waals surface area (Å²) in [4.78, 5) is 8.74. The van der Waals surface area contributed by atoms with Crippen molar-refractivity contribution in [3.8, 4) is 0 Å². The van der Waals surface area contributed by atoms with Crippen molar-refractivity contribution < 1.29 is 5.11 Å². The lowest BCUT2D eigenvalue weighted by molar-refractivity contribution is 0.197. The number of rotatable bonds is 2. The van der Waals surface area contributed by atoms with Crippen molar-refractivity contribution in [1.82, 2.24) is 9.97 Å². The van der Waals surface area contributed by atoms with Crippen molar-refractivity contribution in [3.63, 3.8) is 0 Å². The molecule has 1 saturated carbocycles. The van der Waals surface area contributed by atoms with Gasteiger partial charge in [0.15, 0.2) is 0 Å². The van der Waals surface area contributed by atoms with Crippen LogP contribution in [-0.2, 0) is 0 Å². The average molecular weight is 192 g/mol. The van der Waals surface area contributed by atoms with Crippen molar-refractivity contribution in [2.75, 3.05) is 0 Å². The van der Waals surface area contributed by atoms with Gasteiger partial charge in [0.25, 0.3) is 0 Å². The third kappa shape index (κ3) is 1.64. The zero-order valence-corrected chi connectivity index (χ0v) is 8.86. The summed E-state index contributed by atoms with van der Waals surface area (Å²) >= 11 is 0. The van der Waals surface area contributed by atoms with E-state index in [1.807, 2.05) is 6.92 Å². The predicted molar refractivity (Wildman–Crippen MR) is 53.9 cm³/mol. The second-order valence-electron chi connectivity index (χ2n) is 4.26. The minimum Gasteiger partial charge on any atom is -0.389 e. The summed E-state index contributed by atoms with van der Waals surface area (Å²) in [6, 6.07) is 0. The molecule has 1 aliphatic carbocycles. The predicted octanol–water partition coefficient (Wildman–Crippen LogP) is 1.96. The molecule has 3 heteroatoms. The molecule has 1 N–H and O–H groups in total. The zero-order chi connectivity index (χ0) is 10.3. The van der Waals surface area contributed by atoms with E-state index in [9.17, 15) is 5.11 Å². The first-order chi connectivity index (χ1) is 6.59. The van der Waals surface area contributed by atoms with E-state index in [2.05, 4.69) is 16.9 Å². The fraction of sp³-hybridized carbons (Fsp3) is 0.636. The summed E-state index contributed by atoms with van der Waals surface area (Å²) < 4.78 is 0. The molecule has 3 unspecified atom stereocenters. The van der Waals surface area contributed by atoms with E-state index >= 15 is 0 Å². The fourth-order valence-electron chi connectivity index (χ4n) is 1.77. The summed E-state index contributed by atoms with van der Waals surface area (Å²) in [5, 5.41) is 9.42. The van der Waals surface area contributed by atoms with E-state index in [-0.39, 0.29) is 0 Å². The molecule has 0 aromatic carbocycles. The van der Waals surface area contributed by atoms with Crippen LogP contribution in [0.3, 0.4) is 0 Å². The van der Waals surface area contributed by atoms with Crippen LogP contribution < -0.4 is 0 Å². The lowest BCUT2D eigenvalue weighted by atomic mass is 10.1. The highest BCUT2D eigenvalue weighted by molar-refractivity contribution is 5.21. The first-order valence-electron chi connectivity index (χ1n) is 5.11. The second-order valence-corrected chi connectivity index (χ2v) is 4.26. The number of aliphatic hydroxyl groups is 1. The van der Waals surface area contributed by atoms with Gasteiger partial charge in [0.1, 0.15) is 5.82 Å². The average Bonchev–Trinajstić information content (AvgIpc) is 2.81. The van der Waals surface area contributed by atoms with Crippen LogP contribution in [0.25, 0.3) is 0 Å². The number of aromatic nitrogens is 2. The monoisotopic (exact) mass is 192 g/mol. The SMILES string of the molecule is Cc1nc(C2CC2C)ncc1C(C)O. The van der Waals surface area contributed by atoms with Crippen LogP contribution >= 0.6 is 0 Å². The van der Waals surface area contributed by atoms with Crippen LogP contribution in [0.15, 0.2) is 6.20 Å². The van der Waals surface area contributed by atoms with E-state index in [0.717, 1.165) is 23.0 Å². The van der Waals surface area contributed by atoms with Crippen LogP contribution in [-0.4, -0.2) is 15.1 Å². The molecule has 1 aromatic heterocycles. The van der Waals surface area contributed by atoms with E-state index in [0.29, 0.717) is 5.92 Å². The fourth-order valence-corrected chi connectivity index (χ4v) is 1.77. The molecule has 1 fully saturated rings. The van der Waals surface area contributed by atoms with Crippen molar-refractivity contribution in [3.05, 3.63) is 23.3 Å². The Morgan fingerprint density at radius 1 is 1.57 bits per heavy atom. The number of nitrogens with zero attached hydrogens (tertiary/aromatic N) is 2. The highest BCUT2D eigenvalue weighted by Gasteiger charge is 2.36. The molecule has 0 aliphatic heterocycles. The first-order valence-corrected chi connectivity index (χ1v) is 5.11. The van der Waals surface area contributed by atoms with Gasteiger partial charge in [0.05, 0.1) is 6.10 Å². The van der Waals surface area contributed by atoms with Gasteiger partial charge in [-0.3, -0.25) is 0 Å². The Balaban J connectivity index is 2.27. The van der Waals surface area contributed by atoms with Crippen molar-refractivity contribution in [2.45, 2.75) is 39.2 Å². The van der Waals surface area contributed by atoms with Crippen LogP contribution in [0, 0.1) is 12.8 Å². The molecule has 0 bridgehead atoms. The number of aliphatic hydroxyl groups excluding tert-OH is 1. The highest BCUT2D eigenvalue weighted by atomic mass is 16.3. The van der Waals surface area contributed by atoms with Gasteiger partial charge < -0.3 is 5.11 Å². The smallest absolute Gasteiger partial charge is 0.131 e. The topological polar surface area (TPSA) is 46.0 Å². The summed E-state index contributed by atoms with van der Waals surface area (Å²) in [5.41, 5.74) is 1.74. The molecule has 1 aromatic rings. The maximum absolute atomic E-state index is 9.42. The third-order valence-electron chi connectivity index (χ3n) is 2.93. The van der Waals surface area contributed by atoms with Gasteiger partial charge in [-0.15, -0.1) is 0 Å². The Labute approximate surface area is 84.2 Å². The lowest BCUT2D eigenvalue weighted by Crippen LogP contribution is -2.03. The van der Waals surface area contributed by atoms with Gasteiger partial charge in [-0.05, 0) is 26.2 Å². The van der Waals surface area contributed by atoms with Crippen LogP contribution in [0.5, 0.6) is 0 Å². The molecule has 2 rings (SSSR count). The van der Waals surface area contributed by atoms with E-state index < -0.39 is 6.10 Å². The summed E-state index contributed by atoms with van der Waals surface area (Å²) in [6.45, 7) is 5.89. The summed E-state index contributed by atoms with van der Waals surface area (Å²) in [5.74, 6) is 2.22. The Morgan fingerprint density at radius 2 is 2.21 bits per heavy atom. The zero-order valence-electron chi connectivity index (χ0n) is 8.86. The van der Waals surface area contributed by atoms with E-state index in [4.69, 9.17) is 0 Å². The first kappa shape index (κ1) is 9.59. The van der Waals surface area contributed by atoms with Gasteiger partial charge >= 0.3 is 0 Å².